The molecule has 0 aliphatic carbocycles. The second-order valence-electron chi connectivity index (χ2n) is 6.14. The Morgan fingerprint density at radius 1 is 1.04 bits per heavy atom. The largest absolute Gasteiger partial charge is 0.329 e. The number of hydrogen-bond donors (Lipinski definition) is 2. The number of H-pyrrole nitrogens is 1. The van der Waals surface area contributed by atoms with Gasteiger partial charge in [0.2, 0.25) is 0 Å². The summed E-state index contributed by atoms with van der Waals surface area (Å²) in [5.74, 6) is 0.334. The van der Waals surface area contributed by atoms with Crippen molar-refractivity contribution in [2.24, 2.45) is 7.05 Å². The van der Waals surface area contributed by atoms with Gasteiger partial charge in [-0.2, -0.15) is 0 Å². The molecule has 1 aliphatic rings. The first-order valence-electron chi connectivity index (χ1n) is 8.22. The summed E-state index contributed by atoms with van der Waals surface area (Å²) in [7, 11) is 1.46. The van der Waals surface area contributed by atoms with Crippen molar-refractivity contribution < 1.29 is 0 Å². The van der Waals surface area contributed by atoms with Crippen LogP contribution < -0.4 is 21.5 Å². The summed E-state index contributed by atoms with van der Waals surface area (Å²) >= 11 is 9.18. The third-order valence-corrected chi connectivity index (χ3v) is 5.58. The smallest absolute Gasteiger partial charge is 0.318 e. The van der Waals surface area contributed by atoms with Crippen LogP contribution in [0.2, 0.25) is 0 Å². The minimum absolute atomic E-state index is 0.334. The lowest BCUT2D eigenvalue weighted by atomic mass is 9.96. The molecule has 0 radical (unpaired) electrons. The van der Waals surface area contributed by atoms with E-state index in [0.29, 0.717) is 16.5 Å². The predicted octanol–water partition coefficient (Wildman–Crippen LogP) is 3.14. The van der Waals surface area contributed by atoms with Gasteiger partial charge in [0.15, 0.2) is 5.11 Å². The number of nitrogens with zero attached hydrogens (tertiary/aromatic N) is 2. The molecule has 136 valence electrons. The van der Waals surface area contributed by atoms with Gasteiger partial charge in [-0.1, -0.05) is 52.3 Å². The number of rotatable bonds is 2. The Labute approximate surface area is 168 Å². The molecule has 0 bridgehead atoms. The first-order valence-corrected chi connectivity index (χ1v) is 9.42. The zero-order valence-corrected chi connectivity index (χ0v) is 16.7. The molecular formula is C19H15BrN4O2S. The third-order valence-electron chi connectivity index (χ3n) is 4.56. The molecule has 27 heavy (non-hydrogen) atoms. The molecule has 2 N–H and O–H groups in total. The van der Waals surface area contributed by atoms with Gasteiger partial charge in [-0.3, -0.25) is 14.3 Å². The van der Waals surface area contributed by atoms with E-state index in [1.807, 2.05) is 59.5 Å². The summed E-state index contributed by atoms with van der Waals surface area (Å²) < 4.78 is 1.92. The molecule has 6 nitrogen and oxygen atoms in total. The van der Waals surface area contributed by atoms with Crippen molar-refractivity contribution in [1.82, 2.24) is 9.55 Å². The van der Waals surface area contributed by atoms with Crippen molar-refractivity contribution in [2.45, 2.75) is 6.04 Å². The molecule has 0 saturated heterocycles. The number of nitrogens with one attached hydrogen (secondary N) is 2. The van der Waals surface area contributed by atoms with Gasteiger partial charge in [0.25, 0.3) is 5.56 Å². The van der Waals surface area contributed by atoms with Crippen molar-refractivity contribution in [3.8, 4) is 0 Å². The number of halogens is 1. The number of aromatic amines is 1. The monoisotopic (exact) mass is 442 g/mol. The number of thiocarbonyl (C=S) groups is 1. The Bertz CT molecular complexity index is 1160. The fourth-order valence-electron chi connectivity index (χ4n) is 3.25. The molecule has 1 aromatic heterocycles. The molecule has 0 saturated carbocycles. The number of benzene rings is 2. The van der Waals surface area contributed by atoms with E-state index in [4.69, 9.17) is 12.2 Å². The van der Waals surface area contributed by atoms with Crippen LogP contribution in [0, 0.1) is 0 Å². The zero-order chi connectivity index (χ0) is 19.1. The molecule has 0 fully saturated rings. The summed E-state index contributed by atoms with van der Waals surface area (Å²) in [6.07, 6.45) is 0. The predicted molar refractivity (Wildman–Crippen MR) is 113 cm³/mol. The molecule has 3 aromatic rings. The van der Waals surface area contributed by atoms with Crippen molar-refractivity contribution >= 4 is 44.8 Å². The van der Waals surface area contributed by atoms with E-state index in [-0.39, 0.29) is 5.56 Å². The fraction of sp³-hybridized carbons (Fsp3) is 0.105. The number of aromatic nitrogens is 2. The van der Waals surface area contributed by atoms with Crippen LogP contribution in [0.4, 0.5) is 11.5 Å². The van der Waals surface area contributed by atoms with E-state index in [2.05, 4.69) is 26.2 Å². The Morgan fingerprint density at radius 2 is 1.70 bits per heavy atom. The van der Waals surface area contributed by atoms with E-state index >= 15 is 0 Å². The Morgan fingerprint density at radius 3 is 2.41 bits per heavy atom. The van der Waals surface area contributed by atoms with E-state index < -0.39 is 11.7 Å². The Kier molecular flexibility index (Phi) is 4.45. The first-order chi connectivity index (χ1) is 13.0. The van der Waals surface area contributed by atoms with Crippen LogP contribution >= 0.6 is 28.1 Å². The molecular weight excluding hydrogens is 428 g/mol. The van der Waals surface area contributed by atoms with Gasteiger partial charge in [-0.05, 0) is 36.0 Å². The number of anilines is 2. The number of para-hydroxylation sites is 1. The quantitative estimate of drug-likeness (QED) is 0.596. The average Bonchev–Trinajstić information content (AvgIpc) is 2.66. The van der Waals surface area contributed by atoms with Crippen molar-refractivity contribution in [1.29, 1.82) is 0 Å². The first kappa shape index (κ1) is 17.7. The lowest BCUT2D eigenvalue weighted by Crippen LogP contribution is -2.49. The molecule has 1 atom stereocenters. The van der Waals surface area contributed by atoms with Gasteiger partial charge >= 0.3 is 5.69 Å². The highest BCUT2D eigenvalue weighted by Crippen LogP contribution is 2.40. The molecule has 4 rings (SSSR count). The Hall–Kier alpha value is -2.71. The highest BCUT2D eigenvalue weighted by Gasteiger charge is 2.37. The number of hydrogen-bond acceptors (Lipinski definition) is 3. The maximum Gasteiger partial charge on any atom is 0.329 e. The van der Waals surface area contributed by atoms with Crippen LogP contribution in [0.3, 0.4) is 0 Å². The lowest BCUT2D eigenvalue weighted by Gasteiger charge is -2.39. The topological polar surface area (TPSA) is 70.1 Å². The molecule has 1 unspecified atom stereocenters. The molecule has 1 aliphatic heterocycles. The van der Waals surface area contributed by atoms with Gasteiger partial charge in [-0.25, -0.2) is 4.79 Å². The van der Waals surface area contributed by atoms with Crippen molar-refractivity contribution in [3.05, 3.63) is 91.0 Å². The van der Waals surface area contributed by atoms with Crippen LogP contribution in [0.15, 0.2) is 68.7 Å². The van der Waals surface area contributed by atoms with Crippen LogP contribution in [-0.2, 0) is 7.05 Å². The van der Waals surface area contributed by atoms with Gasteiger partial charge < -0.3 is 10.2 Å². The summed E-state index contributed by atoms with van der Waals surface area (Å²) in [4.78, 5) is 29.7. The maximum atomic E-state index is 13.0. The van der Waals surface area contributed by atoms with E-state index in [1.54, 1.807) is 0 Å². The zero-order valence-electron chi connectivity index (χ0n) is 14.3. The van der Waals surface area contributed by atoms with Crippen LogP contribution in [-0.4, -0.2) is 14.7 Å². The van der Waals surface area contributed by atoms with E-state index in [0.717, 1.165) is 20.3 Å². The molecule has 0 amide bonds. The highest BCUT2D eigenvalue weighted by molar-refractivity contribution is 9.10. The van der Waals surface area contributed by atoms with E-state index in [1.165, 1.54) is 7.05 Å². The molecule has 8 heteroatoms. The molecule has 0 spiro atoms. The van der Waals surface area contributed by atoms with Gasteiger partial charge in [-0.15, -0.1) is 0 Å². The van der Waals surface area contributed by atoms with Gasteiger partial charge in [0.1, 0.15) is 5.82 Å². The Balaban J connectivity index is 2.06. The average molecular weight is 443 g/mol. The van der Waals surface area contributed by atoms with Crippen LogP contribution in [0.25, 0.3) is 0 Å². The van der Waals surface area contributed by atoms with Crippen LogP contribution in [0.5, 0.6) is 0 Å². The summed E-state index contributed by atoms with van der Waals surface area (Å²) in [5, 5.41) is 3.41. The normalized spacial score (nSPS) is 16.0. The standard InChI is InChI=1S/C19H15BrN4O2S/c1-23-17(25)14-15(12-9-5-6-10-13(12)20)24(11-7-3-2-4-8-11)19(27)22-16(14)21-18(23)26/h2-10,15H,1H3,(H,21,26)(H,22,27). The fourth-order valence-corrected chi connectivity index (χ4v) is 4.06. The van der Waals surface area contributed by atoms with Gasteiger partial charge in [0, 0.05) is 17.2 Å². The summed E-state index contributed by atoms with van der Waals surface area (Å²) in [6.45, 7) is 0. The highest BCUT2D eigenvalue weighted by atomic mass is 79.9. The van der Waals surface area contributed by atoms with Crippen molar-refractivity contribution in [2.75, 3.05) is 10.2 Å². The lowest BCUT2D eigenvalue weighted by molar-refractivity contribution is 0.717. The van der Waals surface area contributed by atoms with E-state index in [9.17, 15) is 9.59 Å². The summed E-state index contributed by atoms with van der Waals surface area (Å²) in [5.41, 5.74) is 1.28. The molecule has 2 aromatic carbocycles. The minimum Gasteiger partial charge on any atom is -0.318 e. The summed E-state index contributed by atoms with van der Waals surface area (Å²) in [6, 6.07) is 16.8. The van der Waals surface area contributed by atoms with Crippen molar-refractivity contribution in [3.63, 3.8) is 0 Å². The van der Waals surface area contributed by atoms with Gasteiger partial charge in [0.05, 0.1) is 11.6 Å². The second kappa shape index (κ2) is 6.79. The maximum absolute atomic E-state index is 13.0. The third kappa shape index (κ3) is 2.90. The second-order valence-corrected chi connectivity index (χ2v) is 7.38. The molecule has 2 heterocycles. The van der Waals surface area contributed by atoms with Crippen LogP contribution in [0.1, 0.15) is 17.2 Å². The minimum atomic E-state index is -0.498. The SMILES string of the molecule is Cn1c(=O)[nH]c2c(c1=O)C(c1ccccc1Br)N(c1ccccc1)C(=S)N2. The number of fused-ring (bicyclic) bond motifs is 1.